The maximum Gasteiger partial charge on any atom is 0.186 e. The molecule has 1 saturated heterocycles. The van der Waals surface area contributed by atoms with Crippen molar-refractivity contribution in [2.24, 2.45) is 0 Å². The number of aromatic nitrogens is 5. The molecule has 136 valence electrons. The largest absolute Gasteiger partial charge is 0.352 e. The first kappa shape index (κ1) is 16.5. The van der Waals surface area contributed by atoms with Gasteiger partial charge in [0.25, 0.3) is 0 Å². The molecule has 0 unspecified atom stereocenters. The Hall–Kier alpha value is -2.71. The standard InChI is InChI=1S/C18H16ClN7S/c19-14-2-1-6-20-18(14)25-9-7-24(8-10-25)16-4-3-15-21-22-17(26(15)23-16)13-5-11-27-12-13/h1-6,11-12H,7-10H2. The van der Waals surface area contributed by atoms with E-state index in [2.05, 4.69) is 30.4 Å². The molecule has 1 aliphatic rings. The Balaban J connectivity index is 1.39. The third-order valence-electron chi connectivity index (χ3n) is 4.67. The van der Waals surface area contributed by atoms with E-state index in [4.69, 9.17) is 16.7 Å². The van der Waals surface area contributed by atoms with Gasteiger partial charge in [-0.25, -0.2) is 4.98 Å². The van der Waals surface area contributed by atoms with Gasteiger partial charge in [-0.05, 0) is 35.7 Å². The quantitative estimate of drug-likeness (QED) is 0.529. The van der Waals surface area contributed by atoms with Gasteiger partial charge in [-0.3, -0.25) is 0 Å². The summed E-state index contributed by atoms with van der Waals surface area (Å²) in [5.41, 5.74) is 1.78. The first-order valence-corrected chi connectivity index (χ1v) is 9.97. The fourth-order valence-electron chi connectivity index (χ4n) is 3.28. The number of hydrogen-bond donors (Lipinski definition) is 0. The molecule has 0 saturated carbocycles. The van der Waals surface area contributed by atoms with E-state index in [1.54, 1.807) is 17.5 Å². The molecule has 4 aromatic rings. The SMILES string of the molecule is Clc1cccnc1N1CCN(c2ccc3nnc(-c4ccsc4)n3n2)CC1. The molecular formula is C18H16ClN7S. The van der Waals surface area contributed by atoms with Crippen molar-refractivity contribution in [3.05, 3.63) is 52.3 Å². The average molecular weight is 398 g/mol. The van der Waals surface area contributed by atoms with Crippen molar-refractivity contribution in [1.29, 1.82) is 0 Å². The highest BCUT2D eigenvalue weighted by Crippen LogP contribution is 2.25. The minimum absolute atomic E-state index is 0.690. The van der Waals surface area contributed by atoms with Crippen LogP contribution in [0.5, 0.6) is 0 Å². The van der Waals surface area contributed by atoms with Crippen LogP contribution in [0, 0.1) is 0 Å². The first-order chi connectivity index (χ1) is 13.3. The maximum absolute atomic E-state index is 6.28. The molecule has 4 aromatic heterocycles. The van der Waals surface area contributed by atoms with Crippen molar-refractivity contribution in [1.82, 2.24) is 24.8 Å². The molecule has 0 aromatic carbocycles. The summed E-state index contributed by atoms with van der Waals surface area (Å²) in [6.07, 6.45) is 1.78. The molecule has 0 atom stereocenters. The summed E-state index contributed by atoms with van der Waals surface area (Å²) in [6.45, 7) is 3.38. The van der Waals surface area contributed by atoms with Gasteiger partial charge in [-0.2, -0.15) is 15.9 Å². The second-order valence-corrected chi connectivity index (χ2v) is 7.47. The maximum atomic E-state index is 6.28. The first-order valence-electron chi connectivity index (χ1n) is 8.65. The lowest BCUT2D eigenvalue weighted by Crippen LogP contribution is -2.47. The van der Waals surface area contributed by atoms with E-state index in [0.717, 1.165) is 54.8 Å². The summed E-state index contributed by atoms with van der Waals surface area (Å²) in [5, 5.41) is 18.1. The van der Waals surface area contributed by atoms with E-state index >= 15 is 0 Å². The van der Waals surface area contributed by atoms with Crippen LogP contribution in [0.4, 0.5) is 11.6 Å². The van der Waals surface area contributed by atoms with Crippen LogP contribution in [0.15, 0.2) is 47.3 Å². The van der Waals surface area contributed by atoms with Crippen LogP contribution in [0.25, 0.3) is 17.0 Å². The second kappa shape index (κ2) is 6.79. The minimum atomic E-state index is 0.690. The Morgan fingerprint density at radius 2 is 1.81 bits per heavy atom. The Morgan fingerprint density at radius 3 is 2.59 bits per heavy atom. The van der Waals surface area contributed by atoms with Gasteiger partial charge in [0.1, 0.15) is 11.6 Å². The lowest BCUT2D eigenvalue weighted by Gasteiger charge is -2.36. The van der Waals surface area contributed by atoms with Crippen LogP contribution >= 0.6 is 22.9 Å². The molecule has 1 aliphatic heterocycles. The number of thiophene rings is 1. The smallest absolute Gasteiger partial charge is 0.186 e. The van der Waals surface area contributed by atoms with Crippen molar-refractivity contribution < 1.29 is 0 Å². The van der Waals surface area contributed by atoms with Crippen LogP contribution in [0.1, 0.15) is 0 Å². The van der Waals surface area contributed by atoms with E-state index < -0.39 is 0 Å². The number of rotatable bonds is 3. The number of anilines is 2. The number of nitrogens with zero attached hydrogens (tertiary/aromatic N) is 7. The van der Waals surface area contributed by atoms with Crippen molar-refractivity contribution >= 4 is 40.2 Å². The lowest BCUT2D eigenvalue weighted by molar-refractivity contribution is 0.636. The van der Waals surface area contributed by atoms with Crippen molar-refractivity contribution in [3.8, 4) is 11.4 Å². The van der Waals surface area contributed by atoms with Gasteiger partial charge >= 0.3 is 0 Å². The summed E-state index contributed by atoms with van der Waals surface area (Å²) in [4.78, 5) is 8.90. The fraction of sp³-hybridized carbons (Fsp3) is 0.222. The number of halogens is 1. The minimum Gasteiger partial charge on any atom is -0.352 e. The number of hydrogen-bond acceptors (Lipinski definition) is 7. The Morgan fingerprint density at radius 1 is 0.963 bits per heavy atom. The molecule has 0 bridgehead atoms. The predicted molar refractivity (Wildman–Crippen MR) is 108 cm³/mol. The van der Waals surface area contributed by atoms with Gasteiger partial charge in [0, 0.05) is 43.3 Å². The molecule has 9 heteroatoms. The van der Waals surface area contributed by atoms with Crippen molar-refractivity contribution in [2.75, 3.05) is 36.0 Å². The zero-order valence-electron chi connectivity index (χ0n) is 14.4. The fourth-order valence-corrected chi connectivity index (χ4v) is 4.15. The van der Waals surface area contributed by atoms with Gasteiger partial charge in [-0.15, -0.1) is 15.3 Å². The molecule has 0 radical (unpaired) electrons. The molecule has 1 fully saturated rings. The molecule has 0 amide bonds. The number of fused-ring (bicyclic) bond motifs is 1. The van der Waals surface area contributed by atoms with E-state index in [-0.39, 0.29) is 0 Å². The predicted octanol–water partition coefficient (Wildman–Crippen LogP) is 3.23. The van der Waals surface area contributed by atoms with Gasteiger partial charge < -0.3 is 9.80 Å². The molecule has 7 nitrogen and oxygen atoms in total. The van der Waals surface area contributed by atoms with Crippen LogP contribution in [0.3, 0.4) is 0 Å². The molecular weight excluding hydrogens is 382 g/mol. The Bertz CT molecular complexity index is 1070. The summed E-state index contributed by atoms with van der Waals surface area (Å²) in [6, 6.07) is 9.73. The van der Waals surface area contributed by atoms with Crippen molar-refractivity contribution in [3.63, 3.8) is 0 Å². The van der Waals surface area contributed by atoms with Crippen LogP contribution in [-0.4, -0.2) is 51.0 Å². The lowest BCUT2D eigenvalue weighted by atomic mass is 10.3. The normalized spacial score (nSPS) is 14.9. The second-order valence-electron chi connectivity index (χ2n) is 6.28. The Kier molecular flexibility index (Phi) is 4.14. The van der Waals surface area contributed by atoms with E-state index in [1.165, 1.54) is 0 Å². The molecule has 27 heavy (non-hydrogen) atoms. The van der Waals surface area contributed by atoms with Crippen LogP contribution in [-0.2, 0) is 0 Å². The molecule has 5 heterocycles. The summed E-state index contributed by atoms with van der Waals surface area (Å²) in [7, 11) is 0. The molecule has 0 aliphatic carbocycles. The summed E-state index contributed by atoms with van der Waals surface area (Å²) in [5.74, 6) is 2.54. The average Bonchev–Trinajstić information content (AvgIpc) is 3.37. The number of piperazine rings is 1. The van der Waals surface area contributed by atoms with Crippen molar-refractivity contribution in [2.45, 2.75) is 0 Å². The number of pyridine rings is 1. The monoisotopic (exact) mass is 397 g/mol. The zero-order chi connectivity index (χ0) is 18.2. The van der Waals surface area contributed by atoms with E-state index in [0.29, 0.717) is 5.02 Å². The topological polar surface area (TPSA) is 62.5 Å². The Labute approximate surface area is 164 Å². The molecule has 0 spiro atoms. The molecule has 0 N–H and O–H groups in total. The van der Waals surface area contributed by atoms with E-state index in [1.807, 2.05) is 40.2 Å². The van der Waals surface area contributed by atoms with Gasteiger partial charge in [0.05, 0.1) is 5.02 Å². The van der Waals surface area contributed by atoms with Gasteiger partial charge in [-0.1, -0.05) is 11.6 Å². The van der Waals surface area contributed by atoms with Gasteiger partial charge in [0.15, 0.2) is 11.5 Å². The summed E-state index contributed by atoms with van der Waals surface area (Å²) >= 11 is 7.92. The van der Waals surface area contributed by atoms with Crippen LogP contribution in [0.2, 0.25) is 5.02 Å². The highest BCUT2D eigenvalue weighted by Gasteiger charge is 2.21. The molecule has 5 rings (SSSR count). The third-order valence-corrected chi connectivity index (χ3v) is 5.65. The van der Waals surface area contributed by atoms with Crippen LogP contribution < -0.4 is 9.80 Å². The zero-order valence-corrected chi connectivity index (χ0v) is 15.9. The summed E-state index contributed by atoms with van der Waals surface area (Å²) < 4.78 is 1.82. The van der Waals surface area contributed by atoms with E-state index in [9.17, 15) is 0 Å². The highest BCUT2D eigenvalue weighted by molar-refractivity contribution is 7.08. The van der Waals surface area contributed by atoms with Gasteiger partial charge in [0.2, 0.25) is 0 Å². The third kappa shape index (κ3) is 3.00. The highest BCUT2D eigenvalue weighted by atomic mass is 35.5.